The third-order valence-corrected chi connectivity index (χ3v) is 5.93. The van der Waals surface area contributed by atoms with E-state index >= 15 is 0 Å². The summed E-state index contributed by atoms with van der Waals surface area (Å²) in [5.41, 5.74) is 1.49. The molecule has 0 N–H and O–H groups in total. The minimum Gasteiger partial charge on any atom is -0.465 e. The van der Waals surface area contributed by atoms with Crippen molar-refractivity contribution in [2.75, 3.05) is 6.61 Å². The molecule has 1 aromatic carbocycles. The summed E-state index contributed by atoms with van der Waals surface area (Å²) in [6.07, 6.45) is 15.2. The third kappa shape index (κ3) is 8.49. The maximum atomic E-state index is 12.6. The number of benzene rings is 1. The Kier molecular flexibility index (Phi) is 11.6. The van der Waals surface area contributed by atoms with E-state index in [0.29, 0.717) is 24.0 Å². The number of unbranched alkanes of at least 4 members (excludes halogenated alkanes) is 8. The Morgan fingerprint density at radius 2 is 1.53 bits per heavy atom. The van der Waals surface area contributed by atoms with Gasteiger partial charge in [0.2, 0.25) is 5.89 Å². The summed E-state index contributed by atoms with van der Waals surface area (Å²) in [6.45, 7) is 6.83. The number of aromatic nitrogens is 1. The van der Waals surface area contributed by atoms with E-state index in [1.165, 1.54) is 64.2 Å². The zero-order valence-corrected chi connectivity index (χ0v) is 19.3. The molecule has 0 fully saturated rings. The van der Waals surface area contributed by atoms with Crippen LogP contribution in [0.3, 0.4) is 0 Å². The van der Waals surface area contributed by atoms with Crippen molar-refractivity contribution >= 4 is 17.1 Å². The van der Waals surface area contributed by atoms with E-state index in [9.17, 15) is 4.79 Å². The predicted molar refractivity (Wildman–Crippen MR) is 124 cm³/mol. The van der Waals surface area contributed by atoms with Crippen LogP contribution in [0.2, 0.25) is 0 Å². The molecule has 0 amide bonds. The van der Waals surface area contributed by atoms with Gasteiger partial charge in [-0.2, -0.15) is 0 Å². The molecule has 4 nitrogen and oxygen atoms in total. The van der Waals surface area contributed by atoms with Gasteiger partial charge < -0.3 is 9.15 Å². The fourth-order valence-corrected chi connectivity index (χ4v) is 3.89. The van der Waals surface area contributed by atoms with Crippen LogP contribution in [0, 0.1) is 5.92 Å². The summed E-state index contributed by atoms with van der Waals surface area (Å²) < 4.78 is 11.5. The van der Waals surface area contributed by atoms with Gasteiger partial charge in [0, 0.05) is 0 Å². The Bertz CT molecular complexity index is 691. The summed E-state index contributed by atoms with van der Waals surface area (Å²) in [5, 5.41) is 0. The zero-order valence-electron chi connectivity index (χ0n) is 19.3. The highest BCUT2D eigenvalue weighted by atomic mass is 16.5. The quantitative estimate of drug-likeness (QED) is 0.207. The second-order valence-electron chi connectivity index (χ2n) is 8.64. The number of oxazole rings is 1. The Morgan fingerprint density at radius 3 is 2.20 bits per heavy atom. The molecule has 0 aliphatic heterocycles. The van der Waals surface area contributed by atoms with Gasteiger partial charge in [-0.3, -0.25) is 4.79 Å². The van der Waals surface area contributed by atoms with Crippen molar-refractivity contribution in [3.8, 4) is 0 Å². The highest BCUT2D eigenvalue weighted by Gasteiger charge is 2.23. The predicted octanol–water partition coefficient (Wildman–Crippen LogP) is 7.81. The van der Waals surface area contributed by atoms with Crippen LogP contribution in [0.1, 0.15) is 110 Å². The Morgan fingerprint density at radius 1 is 0.933 bits per heavy atom. The lowest BCUT2D eigenvalue weighted by Crippen LogP contribution is -2.19. The van der Waals surface area contributed by atoms with Gasteiger partial charge in [-0.15, -0.1) is 0 Å². The number of para-hydroxylation sites is 2. The van der Waals surface area contributed by atoms with Gasteiger partial charge in [0.15, 0.2) is 5.58 Å². The largest absolute Gasteiger partial charge is 0.465 e. The summed E-state index contributed by atoms with van der Waals surface area (Å²) in [4.78, 5) is 17.1. The molecule has 30 heavy (non-hydrogen) atoms. The number of carbonyl (C=O) groups is 1. The fourth-order valence-electron chi connectivity index (χ4n) is 3.89. The van der Waals surface area contributed by atoms with Crippen LogP contribution in [0.4, 0.5) is 0 Å². The molecule has 2 unspecified atom stereocenters. The molecule has 0 radical (unpaired) electrons. The number of nitrogens with zero attached hydrogens (tertiary/aromatic N) is 1. The molecule has 0 bridgehead atoms. The van der Waals surface area contributed by atoms with Crippen molar-refractivity contribution in [2.24, 2.45) is 5.92 Å². The smallest absolute Gasteiger partial charge is 0.318 e. The molecule has 0 saturated heterocycles. The lowest BCUT2D eigenvalue weighted by molar-refractivity contribution is -0.147. The van der Waals surface area contributed by atoms with E-state index in [1.54, 1.807) is 0 Å². The molecular formula is C26H41NO3. The Hall–Kier alpha value is -1.84. The number of carbonyl (C=O) groups excluding carboxylic acids is 1. The lowest BCUT2D eigenvalue weighted by atomic mass is 9.95. The van der Waals surface area contributed by atoms with Crippen molar-refractivity contribution < 1.29 is 13.9 Å². The summed E-state index contributed by atoms with van der Waals surface area (Å²) in [7, 11) is 0. The van der Waals surface area contributed by atoms with Gasteiger partial charge in [0.25, 0.3) is 0 Å². The van der Waals surface area contributed by atoms with Gasteiger partial charge in [-0.05, 0) is 37.8 Å². The highest BCUT2D eigenvalue weighted by molar-refractivity contribution is 5.78. The number of rotatable bonds is 16. The van der Waals surface area contributed by atoms with E-state index in [-0.39, 0.29) is 5.97 Å². The first kappa shape index (κ1) is 24.4. The molecular weight excluding hydrogens is 374 g/mol. The molecule has 2 rings (SSSR count). The molecule has 2 aromatic rings. The highest BCUT2D eigenvalue weighted by Crippen LogP contribution is 2.24. The fraction of sp³-hybridized carbons (Fsp3) is 0.692. The SMILES string of the molecule is CCCCCCCCC(CCCCCC)COC(=O)C(C)c1nc2ccccc2o1. The Labute approximate surface area is 182 Å². The van der Waals surface area contributed by atoms with Crippen LogP contribution < -0.4 is 0 Å². The minimum absolute atomic E-state index is 0.233. The van der Waals surface area contributed by atoms with Crippen molar-refractivity contribution in [3.05, 3.63) is 30.2 Å². The second-order valence-corrected chi connectivity index (χ2v) is 8.64. The first-order chi connectivity index (χ1) is 14.7. The Balaban J connectivity index is 1.80. The summed E-state index contributed by atoms with van der Waals surface area (Å²) >= 11 is 0. The second kappa shape index (κ2) is 14.2. The van der Waals surface area contributed by atoms with Gasteiger partial charge in [0.05, 0.1) is 6.61 Å². The first-order valence-corrected chi connectivity index (χ1v) is 12.2. The van der Waals surface area contributed by atoms with Crippen LogP contribution in [-0.2, 0) is 9.53 Å². The molecule has 1 aromatic heterocycles. The molecule has 4 heteroatoms. The van der Waals surface area contributed by atoms with Crippen LogP contribution in [0.5, 0.6) is 0 Å². The third-order valence-electron chi connectivity index (χ3n) is 5.93. The number of esters is 1. The van der Waals surface area contributed by atoms with Gasteiger partial charge >= 0.3 is 5.97 Å². The van der Waals surface area contributed by atoms with E-state index in [2.05, 4.69) is 18.8 Å². The molecule has 0 aliphatic carbocycles. The van der Waals surface area contributed by atoms with Crippen LogP contribution >= 0.6 is 0 Å². The standard InChI is InChI=1S/C26H41NO3/c1-4-6-8-10-11-13-17-22(16-12-9-7-5-2)20-29-26(28)21(3)25-27-23-18-14-15-19-24(23)30-25/h14-15,18-19,21-22H,4-13,16-17,20H2,1-3H3. The van der Waals surface area contributed by atoms with Gasteiger partial charge in [-0.25, -0.2) is 4.98 Å². The molecule has 0 spiro atoms. The van der Waals surface area contributed by atoms with E-state index in [1.807, 2.05) is 31.2 Å². The summed E-state index contributed by atoms with van der Waals surface area (Å²) in [6, 6.07) is 7.60. The normalized spacial score (nSPS) is 13.4. The molecule has 168 valence electrons. The first-order valence-electron chi connectivity index (χ1n) is 12.2. The van der Waals surface area contributed by atoms with Gasteiger partial charge in [0.1, 0.15) is 11.4 Å². The van der Waals surface area contributed by atoms with Crippen molar-refractivity contribution in [2.45, 2.75) is 104 Å². The monoisotopic (exact) mass is 415 g/mol. The maximum absolute atomic E-state index is 12.6. The number of hydrogen-bond donors (Lipinski definition) is 0. The molecule has 0 saturated carbocycles. The van der Waals surface area contributed by atoms with Crippen molar-refractivity contribution in [1.29, 1.82) is 0 Å². The van der Waals surface area contributed by atoms with Gasteiger partial charge in [-0.1, -0.05) is 90.2 Å². The maximum Gasteiger partial charge on any atom is 0.318 e. The van der Waals surface area contributed by atoms with Crippen LogP contribution in [0.25, 0.3) is 11.1 Å². The number of fused-ring (bicyclic) bond motifs is 1. The number of hydrogen-bond acceptors (Lipinski definition) is 4. The van der Waals surface area contributed by atoms with Crippen LogP contribution in [0.15, 0.2) is 28.7 Å². The topological polar surface area (TPSA) is 52.3 Å². The molecule has 0 aliphatic rings. The average Bonchev–Trinajstić information content (AvgIpc) is 3.20. The van der Waals surface area contributed by atoms with Crippen molar-refractivity contribution in [1.82, 2.24) is 4.98 Å². The number of ether oxygens (including phenoxy) is 1. The zero-order chi connectivity index (χ0) is 21.6. The molecule has 2 atom stereocenters. The summed E-state index contributed by atoms with van der Waals surface area (Å²) in [5.74, 6) is 0.194. The minimum atomic E-state index is -0.479. The lowest BCUT2D eigenvalue weighted by Gasteiger charge is -2.18. The van der Waals surface area contributed by atoms with E-state index in [4.69, 9.17) is 9.15 Å². The van der Waals surface area contributed by atoms with E-state index < -0.39 is 5.92 Å². The average molecular weight is 416 g/mol. The molecule has 1 heterocycles. The van der Waals surface area contributed by atoms with Crippen molar-refractivity contribution in [3.63, 3.8) is 0 Å². The van der Waals surface area contributed by atoms with E-state index in [0.717, 1.165) is 18.4 Å². The van der Waals surface area contributed by atoms with Crippen LogP contribution in [-0.4, -0.2) is 17.6 Å².